The second-order valence-electron chi connectivity index (χ2n) is 5.51. The Morgan fingerprint density at radius 2 is 1.71 bits per heavy atom. The second-order valence-corrected chi connectivity index (χ2v) is 5.51. The average molecular weight is 199 g/mol. The molecule has 0 aromatic rings. The van der Waals surface area contributed by atoms with Gasteiger partial charge in [-0.05, 0) is 31.2 Å². The molecule has 0 rings (SSSR count). The zero-order valence-corrected chi connectivity index (χ0v) is 11.0. The van der Waals surface area contributed by atoms with Crippen LogP contribution in [0.1, 0.15) is 60.3 Å². The Balaban J connectivity index is 3.91. The molecule has 1 unspecified atom stereocenters. The molecule has 0 bridgehead atoms. The van der Waals surface area contributed by atoms with Gasteiger partial charge in [0.15, 0.2) is 0 Å². The van der Waals surface area contributed by atoms with Gasteiger partial charge in [-0.25, -0.2) is 0 Å². The van der Waals surface area contributed by atoms with Crippen molar-refractivity contribution in [2.45, 2.75) is 66.3 Å². The van der Waals surface area contributed by atoms with Crippen LogP contribution in [0.15, 0.2) is 0 Å². The lowest BCUT2D eigenvalue weighted by Gasteiger charge is -2.33. The van der Waals surface area contributed by atoms with Crippen molar-refractivity contribution in [2.75, 3.05) is 7.05 Å². The predicted molar refractivity (Wildman–Crippen MR) is 65.6 cm³/mol. The monoisotopic (exact) mass is 199 g/mol. The van der Waals surface area contributed by atoms with Crippen LogP contribution in [0.4, 0.5) is 0 Å². The van der Waals surface area contributed by atoms with E-state index in [9.17, 15) is 0 Å². The summed E-state index contributed by atoms with van der Waals surface area (Å²) in [4.78, 5) is 0. The maximum absolute atomic E-state index is 3.47. The first kappa shape index (κ1) is 14.0. The Bertz CT molecular complexity index is 138. The van der Waals surface area contributed by atoms with Crippen molar-refractivity contribution < 1.29 is 0 Å². The molecule has 0 amide bonds. The third kappa shape index (κ3) is 4.99. The molecule has 0 aliphatic heterocycles. The summed E-state index contributed by atoms with van der Waals surface area (Å²) in [6.07, 6.45) is 5.28. The molecule has 0 aromatic carbocycles. The highest BCUT2D eigenvalue weighted by Crippen LogP contribution is 2.28. The van der Waals surface area contributed by atoms with Crippen LogP contribution in [0, 0.1) is 11.3 Å². The number of nitrogens with one attached hydrogen (secondary N) is 1. The molecule has 0 spiro atoms. The van der Waals surface area contributed by atoms with Crippen LogP contribution in [0.3, 0.4) is 0 Å². The van der Waals surface area contributed by atoms with Gasteiger partial charge in [-0.15, -0.1) is 0 Å². The SMILES string of the molecule is CCC(C)(C)C(CCCC(C)C)NC. The van der Waals surface area contributed by atoms with Gasteiger partial charge >= 0.3 is 0 Å². The largest absolute Gasteiger partial charge is 0.316 e. The van der Waals surface area contributed by atoms with Crippen molar-refractivity contribution in [3.8, 4) is 0 Å². The predicted octanol–water partition coefficient (Wildman–Crippen LogP) is 3.84. The number of rotatable bonds is 7. The van der Waals surface area contributed by atoms with Crippen LogP contribution >= 0.6 is 0 Å². The van der Waals surface area contributed by atoms with Gasteiger partial charge in [0.2, 0.25) is 0 Å². The number of hydrogen-bond acceptors (Lipinski definition) is 1. The van der Waals surface area contributed by atoms with E-state index >= 15 is 0 Å². The topological polar surface area (TPSA) is 12.0 Å². The molecule has 86 valence electrons. The quantitative estimate of drug-likeness (QED) is 0.657. The fourth-order valence-electron chi connectivity index (χ4n) is 1.90. The minimum atomic E-state index is 0.436. The highest BCUT2D eigenvalue weighted by molar-refractivity contribution is 4.81. The Morgan fingerprint density at radius 1 is 1.14 bits per heavy atom. The lowest BCUT2D eigenvalue weighted by molar-refractivity contribution is 0.224. The molecule has 1 N–H and O–H groups in total. The second kappa shape index (κ2) is 6.44. The summed E-state index contributed by atoms with van der Waals surface area (Å²) in [5.74, 6) is 0.845. The molecule has 0 aromatic heterocycles. The fourth-order valence-corrected chi connectivity index (χ4v) is 1.90. The van der Waals surface area contributed by atoms with Crippen LogP contribution in [0.5, 0.6) is 0 Å². The van der Waals surface area contributed by atoms with Crippen molar-refractivity contribution in [1.82, 2.24) is 5.32 Å². The van der Waals surface area contributed by atoms with Gasteiger partial charge in [0, 0.05) is 6.04 Å². The maximum atomic E-state index is 3.47. The van der Waals surface area contributed by atoms with Gasteiger partial charge in [-0.3, -0.25) is 0 Å². The van der Waals surface area contributed by atoms with Crippen LogP contribution < -0.4 is 5.32 Å². The Hall–Kier alpha value is -0.0400. The van der Waals surface area contributed by atoms with E-state index in [2.05, 4.69) is 47.0 Å². The minimum absolute atomic E-state index is 0.436. The van der Waals surface area contributed by atoms with Crippen molar-refractivity contribution >= 4 is 0 Å². The van der Waals surface area contributed by atoms with Gasteiger partial charge in [0.25, 0.3) is 0 Å². The van der Waals surface area contributed by atoms with E-state index < -0.39 is 0 Å². The first-order chi connectivity index (χ1) is 6.44. The highest BCUT2D eigenvalue weighted by atomic mass is 14.9. The Morgan fingerprint density at radius 3 is 2.07 bits per heavy atom. The smallest absolute Gasteiger partial charge is 0.0115 e. The molecular formula is C13H29N. The van der Waals surface area contributed by atoms with Gasteiger partial charge in [-0.2, -0.15) is 0 Å². The third-order valence-electron chi connectivity index (χ3n) is 3.48. The molecular weight excluding hydrogens is 170 g/mol. The van der Waals surface area contributed by atoms with Crippen molar-refractivity contribution in [2.24, 2.45) is 11.3 Å². The van der Waals surface area contributed by atoms with Gasteiger partial charge < -0.3 is 5.32 Å². The summed E-state index contributed by atoms with van der Waals surface area (Å²) in [5, 5.41) is 3.47. The van der Waals surface area contributed by atoms with Crippen molar-refractivity contribution in [1.29, 1.82) is 0 Å². The van der Waals surface area contributed by atoms with Crippen LogP contribution in [-0.4, -0.2) is 13.1 Å². The van der Waals surface area contributed by atoms with Gasteiger partial charge in [0.05, 0.1) is 0 Å². The first-order valence-corrected chi connectivity index (χ1v) is 6.11. The minimum Gasteiger partial charge on any atom is -0.316 e. The molecule has 14 heavy (non-hydrogen) atoms. The Labute approximate surface area is 90.7 Å². The standard InChI is InChI=1S/C13H29N/c1-7-13(4,5)12(14-6)10-8-9-11(2)3/h11-12,14H,7-10H2,1-6H3. The fraction of sp³-hybridized carbons (Fsp3) is 1.00. The number of hydrogen-bond donors (Lipinski definition) is 1. The molecule has 0 aliphatic carbocycles. The molecule has 0 heterocycles. The van der Waals surface area contributed by atoms with E-state index in [1.165, 1.54) is 25.7 Å². The third-order valence-corrected chi connectivity index (χ3v) is 3.48. The Kier molecular flexibility index (Phi) is 6.43. The summed E-state index contributed by atoms with van der Waals surface area (Å²) in [7, 11) is 2.09. The van der Waals surface area contributed by atoms with Crippen LogP contribution in [0.25, 0.3) is 0 Å². The molecule has 1 nitrogen and oxygen atoms in total. The van der Waals surface area contributed by atoms with E-state index in [0.29, 0.717) is 11.5 Å². The molecule has 0 radical (unpaired) electrons. The normalized spacial score (nSPS) is 14.8. The first-order valence-electron chi connectivity index (χ1n) is 6.11. The molecule has 1 atom stereocenters. The summed E-state index contributed by atoms with van der Waals surface area (Å²) in [5.41, 5.74) is 0.436. The average Bonchev–Trinajstić information content (AvgIpc) is 2.11. The van der Waals surface area contributed by atoms with E-state index in [-0.39, 0.29) is 0 Å². The van der Waals surface area contributed by atoms with Gasteiger partial charge in [0.1, 0.15) is 0 Å². The van der Waals surface area contributed by atoms with Crippen LogP contribution in [0.2, 0.25) is 0 Å². The van der Waals surface area contributed by atoms with E-state index in [4.69, 9.17) is 0 Å². The zero-order chi connectivity index (χ0) is 11.2. The van der Waals surface area contributed by atoms with Gasteiger partial charge in [-0.1, -0.05) is 47.5 Å². The zero-order valence-electron chi connectivity index (χ0n) is 11.0. The van der Waals surface area contributed by atoms with E-state index in [1.807, 2.05) is 0 Å². The summed E-state index contributed by atoms with van der Waals surface area (Å²) in [6, 6.07) is 0.672. The molecule has 0 saturated heterocycles. The lowest BCUT2D eigenvalue weighted by atomic mass is 9.79. The molecule has 0 fully saturated rings. The maximum Gasteiger partial charge on any atom is 0.0115 e. The lowest BCUT2D eigenvalue weighted by Crippen LogP contribution is -2.39. The van der Waals surface area contributed by atoms with E-state index in [1.54, 1.807) is 0 Å². The molecule has 1 heteroatoms. The van der Waals surface area contributed by atoms with Crippen LogP contribution in [-0.2, 0) is 0 Å². The van der Waals surface area contributed by atoms with Crippen molar-refractivity contribution in [3.05, 3.63) is 0 Å². The van der Waals surface area contributed by atoms with E-state index in [0.717, 1.165) is 5.92 Å². The molecule has 0 saturated carbocycles. The summed E-state index contributed by atoms with van der Waals surface area (Å²) in [6.45, 7) is 11.6. The highest BCUT2D eigenvalue weighted by Gasteiger charge is 2.25. The molecule has 0 aliphatic rings. The summed E-state index contributed by atoms with van der Waals surface area (Å²) >= 11 is 0. The van der Waals surface area contributed by atoms with Crippen molar-refractivity contribution in [3.63, 3.8) is 0 Å². The summed E-state index contributed by atoms with van der Waals surface area (Å²) < 4.78 is 0.